The van der Waals surface area contributed by atoms with Crippen LogP contribution in [0.3, 0.4) is 0 Å². The fourth-order valence-electron chi connectivity index (χ4n) is 3.34. The minimum atomic E-state index is -0.732. The maximum atomic E-state index is 13.8. The van der Waals surface area contributed by atoms with Crippen LogP contribution in [0.1, 0.15) is 17.5 Å². The van der Waals surface area contributed by atoms with Gasteiger partial charge in [-0.25, -0.2) is 9.18 Å². The second-order valence-corrected chi connectivity index (χ2v) is 6.66. The van der Waals surface area contributed by atoms with Gasteiger partial charge in [0.05, 0.1) is 20.1 Å². The molecule has 0 aromatic heterocycles. The van der Waals surface area contributed by atoms with Crippen LogP contribution in [0.4, 0.5) is 4.39 Å². The average molecular weight is 371 g/mol. The molecule has 1 fully saturated rings. The zero-order chi connectivity index (χ0) is 19.4. The molecule has 27 heavy (non-hydrogen) atoms. The van der Waals surface area contributed by atoms with Gasteiger partial charge in [-0.05, 0) is 24.6 Å². The van der Waals surface area contributed by atoms with E-state index in [1.165, 1.54) is 24.1 Å². The summed E-state index contributed by atoms with van der Waals surface area (Å²) in [6.45, 7) is 2.16. The van der Waals surface area contributed by atoms with Crippen LogP contribution in [0.15, 0.2) is 48.5 Å². The van der Waals surface area contributed by atoms with Gasteiger partial charge in [0, 0.05) is 6.42 Å². The first-order chi connectivity index (χ1) is 13.0. The van der Waals surface area contributed by atoms with Crippen LogP contribution in [0, 0.1) is 12.7 Å². The van der Waals surface area contributed by atoms with Gasteiger partial charge >= 0.3 is 5.97 Å². The van der Waals surface area contributed by atoms with Gasteiger partial charge in [0.25, 0.3) is 0 Å². The number of hydrogen-bond acceptors (Lipinski definition) is 4. The van der Waals surface area contributed by atoms with E-state index in [-0.39, 0.29) is 31.0 Å². The van der Waals surface area contributed by atoms with Crippen molar-refractivity contribution in [2.45, 2.75) is 31.9 Å². The molecule has 1 aliphatic rings. The number of nitrogens with zero attached hydrogens (tertiary/aromatic N) is 1. The van der Waals surface area contributed by atoms with E-state index in [1.54, 1.807) is 12.1 Å². The molecule has 2 aromatic carbocycles. The molecule has 5 nitrogen and oxygen atoms in total. The number of likely N-dealkylation sites (tertiary alicyclic amines) is 1. The minimum absolute atomic E-state index is 0.110. The van der Waals surface area contributed by atoms with Crippen molar-refractivity contribution in [3.63, 3.8) is 0 Å². The summed E-state index contributed by atoms with van der Waals surface area (Å²) in [7, 11) is 1.29. The molecule has 3 rings (SSSR count). The third-order valence-electron chi connectivity index (χ3n) is 4.62. The number of aryl methyl sites for hydroxylation is 1. The average Bonchev–Trinajstić information content (AvgIpc) is 3.07. The van der Waals surface area contributed by atoms with E-state index in [2.05, 4.69) is 0 Å². The first-order valence-corrected chi connectivity index (χ1v) is 8.82. The number of esters is 1. The van der Waals surface area contributed by atoms with Gasteiger partial charge in [0.15, 0.2) is 11.6 Å². The molecule has 1 saturated heterocycles. The highest BCUT2D eigenvalue weighted by Crippen LogP contribution is 2.26. The summed E-state index contributed by atoms with van der Waals surface area (Å²) in [5.41, 5.74) is 1.94. The van der Waals surface area contributed by atoms with Gasteiger partial charge in [-0.3, -0.25) is 4.79 Å². The normalized spacial score (nSPS) is 19.0. The zero-order valence-corrected chi connectivity index (χ0v) is 15.4. The molecule has 2 unspecified atom stereocenters. The van der Waals surface area contributed by atoms with Gasteiger partial charge in [-0.15, -0.1) is 0 Å². The number of amides is 1. The molecule has 2 atom stereocenters. The number of carbonyl (C=O) groups is 2. The summed E-state index contributed by atoms with van der Waals surface area (Å²) in [6, 6.07) is 13.0. The molecular weight excluding hydrogens is 349 g/mol. The number of benzene rings is 2. The molecule has 1 heterocycles. The smallest absolute Gasteiger partial charge is 0.328 e. The molecule has 0 saturated carbocycles. The van der Waals surface area contributed by atoms with E-state index in [1.807, 2.05) is 31.2 Å². The lowest BCUT2D eigenvalue weighted by Crippen LogP contribution is -2.42. The van der Waals surface area contributed by atoms with E-state index in [4.69, 9.17) is 9.47 Å². The van der Waals surface area contributed by atoms with E-state index in [0.29, 0.717) is 0 Å². The predicted molar refractivity (Wildman–Crippen MR) is 97.8 cm³/mol. The summed E-state index contributed by atoms with van der Waals surface area (Å²) in [5, 5.41) is 0. The first-order valence-electron chi connectivity index (χ1n) is 8.82. The fraction of sp³-hybridized carbons (Fsp3) is 0.333. The largest absolute Gasteiger partial charge is 0.485 e. The van der Waals surface area contributed by atoms with E-state index >= 15 is 0 Å². The minimum Gasteiger partial charge on any atom is -0.485 e. The Morgan fingerprint density at radius 1 is 1.19 bits per heavy atom. The Labute approximate surface area is 157 Å². The number of ether oxygens (including phenoxy) is 2. The maximum absolute atomic E-state index is 13.8. The Hall–Kier alpha value is -2.89. The molecule has 0 N–H and O–H groups in total. The number of carbonyl (C=O) groups excluding carboxylic acids is 2. The van der Waals surface area contributed by atoms with Crippen LogP contribution >= 0.6 is 0 Å². The molecule has 1 amide bonds. The lowest BCUT2D eigenvalue weighted by Gasteiger charge is -2.22. The van der Waals surface area contributed by atoms with Gasteiger partial charge in [0.2, 0.25) is 5.91 Å². The van der Waals surface area contributed by atoms with Crippen LogP contribution in [0.25, 0.3) is 0 Å². The van der Waals surface area contributed by atoms with Gasteiger partial charge in [0.1, 0.15) is 12.1 Å². The van der Waals surface area contributed by atoms with Crippen LogP contribution in [-0.2, 0) is 20.7 Å². The highest BCUT2D eigenvalue weighted by molar-refractivity contribution is 5.86. The second kappa shape index (κ2) is 8.20. The number of para-hydroxylation sites is 1. The molecule has 142 valence electrons. The SMILES string of the molecule is COC(=O)C1CC(Oc2ccccc2F)CN1C(=O)Cc1cccc(C)c1. The highest BCUT2D eigenvalue weighted by atomic mass is 19.1. The standard InChI is InChI=1S/C21H22FNO4/c1-14-6-5-7-15(10-14)11-20(24)23-13-16(12-18(23)21(25)26-2)27-19-9-4-3-8-17(19)22/h3-10,16,18H,11-13H2,1-2H3. The number of rotatable bonds is 5. The predicted octanol–water partition coefficient (Wildman–Crippen LogP) is 2.90. The third kappa shape index (κ3) is 4.45. The Bertz CT molecular complexity index is 838. The number of methoxy groups -OCH3 is 1. The molecule has 0 aliphatic carbocycles. The quantitative estimate of drug-likeness (QED) is 0.759. The van der Waals surface area contributed by atoms with Crippen LogP contribution in [0.5, 0.6) is 5.75 Å². The van der Waals surface area contributed by atoms with Crippen LogP contribution in [0.2, 0.25) is 0 Å². The third-order valence-corrected chi connectivity index (χ3v) is 4.62. The van der Waals surface area contributed by atoms with E-state index < -0.39 is 23.9 Å². The molecule has 0 spiro atoms. The summed E-state index contributed by atoms with van der Waals surface area (Å²) in [6.07, 6.45) is -0.0326. The zero-order valence-electron chi connectivity index (χ0n) is 15.4. The van der Waals surface area contributed by atoms with Gasteiger partial charge < -0.3 is 14.4 Å². The van der Waals surface area contributed by atoms with Crippen molar-refractivity contribution >= 4 is 11.9 Å². The Balaban J connectivity index is 1.74. The second-order valence-electron chi connectivity index (χ2n) is 6.66. The lowest BCUT2D eigenvalue weighted by molar-refractivity contribution is -0.150. The number of hydrogen-bond donors (Lipinski definition) is 0. The molecule has 2 aromatic rings. The molecule has 1 aliphatic heterocycles. The molecule has 0 radical (unpaired) electrons. The van der Waals surface area contributed by atoms with Crippen molar-refractivity contribution in [3.8, 4) is 5.75 Å². The maximum Gasteiger partial charge on any atom is 0.328 e. The first kappa shape index (κ1) is 18.9. The van der Waals surface area contributed by atoms with Gasteiger partial charge in [-0.2, -0.15) is 0 Å². The van der Waals surface area contributed by atoms with Crippen molar-refractivity contribution in [1.82, 2.24) is 4.90 Å². The summed E-state index contributed by atoms with van der Waals surface area (Å²) in [4.78, 5) is 26.4. The Morgan fingerprint density at radius 3 is 2.67 bits per heavy atom. The monoisotopic (exact) mass is 371 g/mol. The van der Waals surface area contributed by atoms with Crippen molar-refractivity contribution in [3.05, 3.63) is 65.5 Å². The van der Waals surface area contributed by atoms with Crippen LogP contribution < -0.4 is 4.74 Å². The van der Waals surface area contributed by atoms with Crippen molar-refractivity contribution in [2.24, 2.45) is 0 Å². The summed E-state index contributed by atoms with van der Waals surface area (Å²) in [5.74, 6) is -1.04. The van der Waals surface area contributed by atoms with Crippen molar-refractivity contribution in [1.29, 1.82) is 0 Å². The lowest BCUT2D eigenvalue weighted by atomic mass is 10.1. The summed E-state index contributed by atoms with van der Waals surface area (Å²) >= 11 is 0. The van der Waals surface area contributed by atoms with E-state index in [0.717, 1.165) is 11.1 Å². The van der Waals surface area contributed by atoms with Crippen LogP contribution in [-0.4, -0.2) is 42.6 Å². The number of halogens is 1. The van der Waals surface area contributed by atoms with Crippen molar-refractivity contribution in [2.75, 3.05) is 13.7 Å². The summed E-state index contributed by atoms with van der Waals surface area (Å²) < 4.78 is 24.4. The molecule has 6 heteroatoms. The molecular formula is C21H22FNO4. The van der Waals surface area contributed by atoms with Gasteiger partial charge in [-0.1, -0.05) is 42.0 Å². The topological polar surface area (TPSA) is 55.8 Å². The fourth-order valence-corrected chi connectivity index (χ4v) is 3.34. The Kier molecular flexibility index (Phi) is 5.74. The highest BCUT2D eigenvalue weighted by Gasteiger charge is 2.41. The van der Waals surface area contributed by atoms with E-state index in [9.17, 15) is 14.0 Å². The molecule has 0 bridgehead atoms. The van der Waals surface area contributed by atoms with Crippen molar-refractivity contribution < 1.29 is 23.5 Å². The Morgan fingerprint density at radius 2 is 1.96 bits per heavy atom.